The summed E-state index contributed by atoms with van der Waals surface area (Å²) in [5, 5.41) is 13.6. The second-order valence-electron chi connectivity index (χ2n) is 11.9. The van der Waals surface area contributed by atoms with Crippen molar-refractivity contribution in [2.75, 3.05) is 17.4 Å². The number of allylic oxidation sites excluding steroid dienone is 4. The summed E-state index contributed by atoms with van der Waals surface area (Å²) >= 11 is 7.07. The van der Waals surface area contributed by atoms with E-state index in [4.69, 9.17) is 22.9 Å². The van der Waals surface area contributed by atoms with Crippen LogP contribution in [0.4, 0.5) is 14.5 Å². The molecule has 4 fully saturated rings. The van der Waals surface area contributed by atoms with Gasteiger partial charge in [-0.25, -0.2) is 8.78 Å². The number of halogens is 3. The highest BCUT2D eigenvalue weighted by Crippen LogP contribution is 2.73. The van der Waals surface area contributed by atoms with Gasteiger partial charge in [0.05, 0.1) is 24.1 Å². The van der Waals surface area contributed by atoms with Gasteiger partial charge in [0.25, 0.3) is 0 Å². The number of hydrogen-bond acceptors (Lipinski definition) is 6. The monoisotopic (exact) mass is 573 g/mol. The Hall–Kier alpha value is -2.18. The van der Waals surface area contributed by atoms with Crippen LogP contribution in [-0.4, -0.2) is 51.8 Å². The quantitative estimate of drug-likeness (QED) is 0.497. The van der Waals surface area contributed by atoms with E-state index >= 15 is 8.78 Å². The SMILES string of the molecule is C#CCSC(=O)C12ON(c3ccc(Cl)cc3)CC1CC1C3CC(F)C4=CC(=O)C=CC4(C)C3(F)C(O)CC12C. The van der Waals surface area contributed by atoms with Gasteiger partial charge in [0, 0.05) is 27.7 Å². The van der Waals surface area contributed by atoms with Gasteiger partial charge in [-0.05, 0) is 74.1 Å². The fourth-order valence-corrected chi connectivity index (χ4v) is 9.56. The highest BCUT2D eigenvalue weighted by Gasteiger charge is 2.79. The molecule has 1 saturated heterocycles. The van der Waals surface area contributed by atoms with Crippen molar-refractivity contribution in [3.8, 4) is 12.3 Å². The summed E-state index contributed by atoms with van der Waals surface area (Å²) in [7, 11) is 0. The summed E-state index contributed by atoms with van der Waals surface area (Å²) in [6.07, 6.45) is 6.49. The normalized spacial score (nSPS) is 44.1. The van der Waals surface area contributed by atoms with Crippen LogP contribution in [0.5, 0.6) is 0 Å². The zero-order chi connectivity index (χ0) is 28.0. The smallest absolute Gasteiger partial charge is 0.225 e. The lowest BCUT2D eigenvalue weighted by Crippen LogP contribution is -2.70. The van der Waals surface area contributed by atoms with E-state index in [0.717, 1.165) is 17.4 Å². The number of nitrogens with zero attached hydrogens (tertiary/aromatic N) is 1. The number of rotatable bonds is 3. The van der Waals surface area contributed by atoms with Crippen LogP contribution >= 0.6 is 23.4 Å². The lowest BCUT2D eigenvalue weighted by molar-refractivity contribution is -0.225. The highest BCUT2D eigenvalue weighted by atomic mass is 35.5. The van der Waals surface area contributed by atoms with Crippen LogP contribution in [0.2, 0.25) is 5.02 Å². The summed E-state index contributed by atoms with van der Waals surface area (Å²) in [5.41, 5.74) is -5.28. The van der Waals surface area contributed by atoms with E-state index in [9.17, 15) is 14.7 Å². The van der Waals surface area contributed by atoms with Crippen LogP contribution in [-0.2, 0) is 14.4 Å². The lowest BCUT2D eigenvalue weighted by Gasteiger charge is -2.63. The number of aliphatic hydroxyl groups is 1. The molecular weight excluding hydrogens is 544 g/mol. The van der Waals surface area contributed by atoms with E-state index in [-0.39, 0.29) is 41.0 Å². The number of terminal acetylenes is 1. The largest absolute Gasteiger partial charge is 0.390 e. The van der Waals surface area contributed by atoms with Crippen LogP contribution in [0, 0.1) is 40.9 Å². The molecule has 5 nitrogen and oxygen atoms in total. The number of aliphatic hydroxyl groups excluding tert-OH is 1. The maximum absolute atomic E-state index is 17.5. The second-order valence-corrected chi connectivity index (χ2v) is 13.3. The fourth-order valence-electron chi connectivity index (χ4n) is 8.56. The molecule has 5 aliphatic rings. The highest BCUT2D eigenvalue weighted by molar-refractivity contribution is 8.14. The summed E-state index contributed by atoms with van der Waals surface area (Å²) < 4.78 is 33.3. The van der Waals surface area contributed by atoms with Crippen molar-refractivity contribution in [1.82, 2.24) is 0 Å². The molecule has 0 amide bonds. The summed E-state index contributed by atoms with van der Waals surface area (Å²) in [6.45, 7) is 3.82. The van der Waals surface area contributed by atoms with Crippen molar-refractivity contribution < 1.29 is 28.3 Å². The first-order chi connectivity index (χ1) is 18.4. The van der Waals surface area contributed by atoms with E-state index in [2.05, 4.69) is 5.92 Å². The Bertz CT molecular complexity index is 1350. The van der Waals surface area contributed by atoms with Crippen molar-refractivity contribution in [1.29, 1.82) is 0 Å². The van der Waals surface area contributed by atoms with Gasteiger partial charge in [-0.1, -0.05) is 42.3 Å². The standard InChI is InChI=1S/C30H30ClF2NO4S/c1-4-11-39-26(37)30-17(16-34(38-30)19-7-5-18(31)6-8-19)12-21-22-14-24(32)23-13-20(35)9-10-27(23,2)29(22,33)25(36)15-28(21,30)3/h1,5-10,13,17,21-22,24-25,36H,11-12,14-16H2,2-3H3. The number of hydroxylamine groups is 1. The Labute approximate surface area is 235 Å². The van der Waals surface area contributed by atoms with E-state index in [1.807, 2.05) is 6.92 Å². The van der Waals surface area contributed by atoms with Crippen LogP contribution in [0.25, 0.3) is 0 Å². The molecule has 1 aromatic rings. The molecule has 3 saturated carbocycles. The summed E-state index contributed by atoms with van der Waals surface area (Å²) in [6, 6.07) is 7.08. The summed E-state index contributed by atoms with van der Waals surface area (Å²) in [5.74, 6) is 0.596. The van der Waals surface area contributed by atoms with Gasteiger partial charge in [-0.3, -0.25) is 19.5 Å². The summed E-state index contributed by atoms with van der Waals surface area (Å²) in [4.78, 5) is 32.7. The van der Waals surface area contributed by atoms with Gasteiger partial charge in [0.2, 0.25) is 5.12 Å². The molecule has 0 radical (unpaired) electrons. The van der Waals surface area contributed by atoms with Gasteiger partial charge < -0.3 is 5.11 Å². The lowest BCUT2D eigenvalue weighted by atomic mass is 9.44. The molecule has 9 heteroatoms. The van der Waals surface area contributed by atoms with E-state index in [1.165, 1.54) is 18.2 Å². The number of hydrogen-bond donors (Lipinski definition) is 1. The topological polar surface area (TPSA) is 66.8 Å². The molecule has 1 heterocycles. The molecule has 39 heavy (non-hydrogen) atoms. The first kappa shape index (κ1) is 27.0. The van der Waals surface area contributed by atoms with Crippen LogP contribution < -0.4 is 5.06 Å². The van der Waals surface area contributed by atoms with Crippen molar-refractivity contribution in [2.45, 2.75) is 56.7 Å². The minimum Gasteiger partial charge on any atom is -0.390 e. The Morgan fingerprint density at radius 1 is 1.28 bits per heavy atom. The molecular formula is C30H30ClF2NO4S. The molecule has 9 unspecified atom stereocenters. The van der Waals surface area contributed by atoms with Crippen LogP contribution in [0.3, 0.4) is 0 Å². The molecule has 9 atom stereocenters. The average Bonchev–Trinajstić information content (AvgIpc) is 3.39. The number of benzene rings is 1. The van der Waals surface area contributed by atoms with Gasteiger partial charge in [0.1, 0.15) is 6.17 Å². The number of anilines is 1. The third-order valence-electron chi connectivity index (χ3n) is 10.3. The zero-order valence-electron chi connectivity index (χ0n) is 21.7. The number of thioether (sulfide) groups is 1. The molecule has 6 rings (SSSR count). The Morgan fingerprint density at radius 3 is 2.69 bits per heavy atom. The second kappa shape index (κ2) is 8.91. The van der Waals surface area contributed by atoms with Crippen molar-refractivity contribution in [3.05, 3.63) is 53.1 Å². The van der Waals surface area contributed by atoms with Gasteiger partial charge in [-0.2, -0.15) is 0 Å². The van der Waals surface area contributed by atoms with Crippen LogP contribution in [0.1, 0.15) is 33.1 Å². The molecule has 0 spiro atoms. The maximum Gasteiger partial charge on any atom is 0.225 e. The Balaban J connectivity index is 1.44. The van der Waals surface area contributed by atoms with Crippen molar-refractivity contribution >= 4 is 39.9 Å². The number of fused-ring (bicyclic) bond motifs is 7. The van der Waals surface area contributed by atoms with E-state index < -0.39 is 46.2 Å². The number of carbonyl (C=O) groups is 2. The number of alkyl halides is 2. The Morgan fingerprint density at radius 2 is 2.00 bits per heavy atom. The van der Waals surface area contributed by atoms with E-state index in [1.54, 1.807) is 36.3 Å². The minimum absolute atomic E-state index is 0.0560. The molecule has 4 aliphatic carbocycles. The first-order valence-corrected chi connectivity index (χ1v) is 14.6. The molecule has 1 aromatic carbocycles. The molecule has 0 aromatic heterocycles. The first-order valence-electron chi connectivity index (χ1n) is 13.2. The fraction of sp³-hybridized carbons (Fsp3) is 0.533. The number of carbonyl (C=O) groups excluding carboxylic acids is 2. The third kappa shape index (κ3) is 3.40. The van der Waals surface area contributed by atoms with Crippen molar-refractivity contribution in [2.24, 2.45) is 28.6 Å². The third-order valence-corrected chi connectivity index (χ3v) is 11.5. The van der Waals surface area contributed by atoms with Crippen molar-refractivity contribution in [3.63, 3.8) is 0 Å². The van der Waals surface area contributed by atoms with Crippen LogP contribution in [0.15, 0.2) is 48.1 Å². The predicted octanol–water partition coefficient (Wildman–Crippen LogP) is 5.27. The maximum atomic E-state index is 17.5. The minimum atomic E-state index is -2.21. The average molecular weight is 574 g/mol. The predicted molar refractivity (Wildman–Crippen MR) is 146 cm³/mol. The van der Waals surface area contributed by atoms with Gasteiger partial charge >= 0.3 is 0 Å². The van der Waals surface area contributed by atoms with Gasteiger partial charge in [-0.15, -0.1) is 6.42 Å². The molecule has 1 N–H and O–H groups in total. The number of ketones is 1. The zero-order valence-corrected chi connectivity index (χ0v) is 23.3. The Kier molecular flexibility index (Phi) is 6.17. The molecule has 206 valence electrons. The van der Waals surface area contributed by atoms with Gasteiger partial charge in [0.15, 0.2) is 17.1 Å². The molecule has 1 aliphatic heterocycles. The molecule has 0 bridgehead atoms. The van der Waals surface area contributed by atoms with E-state index in [0.29, 0.717) is 18.0 Å².